The molecule has 33 heavy (non-hydrogen) atoms. The summed E-state index contributed by atoms with van der Waals surface area (Å²) in [7, 11) is -12.9. The lowest BCUT2D eigenvalue weighted by atomic mass is 10.1. The number of hydrogen-bond acceptors (Lipinski definition) is 10. The highest BCUT2D eigenvalue weighted by Crippen LogP contribution is 2.73. The highest BCUT2D eigenvalue weighted by Gasteiger charge is 2.67. The van der Waals surface area contributed by atoms with Crippen LogP contribution in [-0.4, -0.2) is 75.1 Å². The number of aromatic nitrogens is 4. The summed E-state index contributed by atoms with van der Waals surface area (Å²) in [5.41, 5.74) is -0.608. The molecule has 2 saturated heterocycles. The summed E-state index contributed by atoms with van der Waals surface area (Å²) >= 11 is 0. The molecule has 2 aliphatic heterocycles. The van der Waals surface area contributed by atoms with E-state index in [9.17, 15) is 32.7 Å². The average molecular weight is 518 g/mol. The number of hydrogen-bond donors (Lipinski definition) is 5. The number of nitrogens with zero attached hydrogens (tertiary/aromatic N) is 3. The van der Waals surface area contributed by atoms with Gasteiger partial charge >= 0.3 is 20.6 Å². The molecule has 2 fully saturated rings. The fourth-order valence-corrected chi connectivity index (χ4v) is 5.54. The Kier molecular flexibility index (Phi) is 5.69. The molecule has 2 aliphatic rings. The molecule has 4 rings (SSSR count). The van der Waals surface area contributed by atoms with Gasteiger partial charge in [-0.25, -0.2) is 9.97 Å². The number of aromatic amines is 1. The van der Waals surface area contributed by atoms with Crippen LogP contribution in [0.1, 0.15) is 20.1 Å². The van der Waals surface area contributed by atoms with Crippen molar-refractivity contribution in [2.45, 2.75) is 55.9 Å². The molecule has 0 amide bonds. The number of nitrogens with one attached hydrogen (secondary N) is 1. The number of aliphatic hydroxyl groups is 1. The number of fused-ring (bicyclic) bond motifs is 2. The number of ether oxygens (including phenoxy) is 3. The zero-order valence-corrected chi connectivity index (χ0v) is 18.5. The van der Waals surface area contributed by atoms with Crippen LogP contribution in [0.4, 0.5) is 8.78 Å². The Labute approximate surface area is 182 Å². The third kappa shape index (κ3) is 3.97. The monoisotopic (exact) mass is 518 g/mol. The van der Waals surface area contributed by atoms with Gasteiger partial charge in [-0.15, -0.1) is 0 Å². The first kappa shape index (κ1) is 24.5. The van der Waals surface area contributed by atoms with Crippen LogP contribution in [-0.2, 0) is 27.9 Å². The van der Waals surface area contributed by atoms with Crippen molar-refractivity contribution in [3.63, 3.8) is 0 Å². The quantitative estimate of drug-likeness (QED) is 0.247. The van der Waals surface area contributed by atoms with Gasteiger partial charge in [-0.1, -0.05) is 0 Å². The van der Waals surface area contributed by atoms with Crippen LogP contribution in [0.5, 0.6) is 0 Å². The van der Waals surface area contributed by atoms with Crippen molar-refractivity contribution in [3.05, 3.63) is 23.0 Å². The minimum absolute atomic E-state index is 0.0349. The zero-order valence-electron chi connectivity index (χ0n) is 16.7. The van der Waals surface area contributed by atoms with Gasteiger partial charge in [-0.2, -0.15) is 8.78 Å². The first-order valence-corrected chi connectivity index (χ1v) is 12.3. The lowest BCUT2D eigenvalue weighted by Crippen LogP contribution is -2.40. The predicted molar refractivity (Wildman–Crippen MR) is 99.8 cm³/mol. The second-order valence-corrected chi connectivity index (χ2v) is 11.5. The van der Waals surface area contributed by atoms with Gasteiger partial charge in [0.1, 0.15) is 18.3 Å². The third-order valence-corrected chi connectivity index (χ3v) is 8.35. The van der Waals surface area contributed by atoms with Gasteiger partial charge in [0.25, 0.3) is 5.56 Å². The minimum atomic E-state index is -6.44. The van der Waals surface area contributed by atoms with Crippen molar-refractivity contribution in [2.75, 3.05) is 0 Å². The first-order valence-electron chi connectivity index (χ1n) is 9.10. The molecular weight excluding hydrogens is 500 g/mol. The van der Waals surface area contributed by atoms with E-state index in [0.29, 0.717) is 0 Å². The van der Waals surface area contributed by atoms with Gasteiger partial charge in [-0.05, 0) is 13.8 Å². The fourth-order valence-electron chi connectivity index (χ4n) is 3.54. The van der Waals surface area contributed by atoms with Gasteiger partial charge in [-0.3, -0.25) is 23.0 Å². The molecule has 0 aliphatic carbocycles. The highest BCUT2D eigenvalue weighted by atomic mass is 31.2. The van der Waals surface area contributed by atoms with Crippen LogP contribution in [0.25, 0.3) is 11.2 Å². The van der Waals surface area contributed by atoms with E-state index in [-0.39, 0.29) is 11.2 Å². The number of aliphatic hydroxyl groups excluding tert-OH is 1. The minimum Gasteiger partial charge on any atom is -0.365 e. The molecule has 0 saturated carbocycles. The van der Waals surface area contributed by atoms with E-state index in [1.165, 1.54) is 18.4 Å². The normalized spacial score (nSPS) is 30.3. The van der Waals surface area contributed by atoms with E-state index in [1.54, 1.807) is 0 Å². The molecule has 5 N–H and O–H groups in total. The maximum atomic E-state index is 13.8. The van der Waals surface area contributed by atoms with Crippen LogP contribution in [0, 0.1) is 0 Å². The summed E-state index contributed by atoms with van der Waals surface area (Å²) in [6.45, 7) is 2.97. The van der Waals surface area contributed by atoms with Gasteiger partial charge in [0.15, 0.2) is 29.5 Å². The van der Waals surface area contributed by atoms with Crippen LogP contribution in [0.2, 0.25) is 0 Å². The van der Waals surface area contributed by atoms with Crippen molar-refractivity contribution in [3.8, 4) is 0 Å². The molecular formula is C14H18F2N4O11P2. The Morgan fingerprint density at radius 2 is 1.88 bits per heavy atom. The van der Waals surface area contributed by atoms with Crippen molar-refractivity contribution >= 4 is 26.4 Å². The third-order valence-electron chi connectivity index (χ3n) is 4.93. The summed E-state index contributed by atoms with van der Waals surface area (Å²) in [4.78, 5) is 49.1. The van der Waals surface area contributed by atoms with Crippen molar-refractivity contribution in [1.29, 1.82) is 0 Å². The van der Waals surface area contributed by atoms with Crippen LogP contribution >= 0.6 is 15.2 Å². The number of halogens is 2. The van der Waals surface area contributed by atoms with Gasteiger partial charge in [0, 0.05) is 0 Å². The smallest absolute Gasteiger partial charge is 0.365 e. The molecule has 15 nitrogen and oxygen atoms in total. The second kappa shape index (κ2) is 7.68. The Morgan fingerprint density at radius 1 is 1.24 bits per heavy atom. The molecule has 0 spiro atoms. The van der Waals surface area contributed by atoms with Gasteiger partial charge in [0.05, 0.1) is 12.7 Å². The van der Waals surface area contributed by atoms with E-state index >= 15 is 0 Å². The fraction of sp³-hybridized carbons (Fsp3) is 0.643. The molecule has 0 aromatic carbocycles. The Balaban J connectivity index is 1.67. The van der Waals surface area contributed by atoms with Crippen molar-refractivity contribution in [2.24, 2.45) is 0 Å². The summed E-state index contributed by atoms with van der Waals surface area (Å²) < 4.78 is 72.8. The Morgan fingerprint density at radius 3 is 2.52 bits per heavy atom. The van der Waals surface area contributed by atoms with Crippen molar-refractivity contribution < 1.29 is 56.4 Å². The van der Waals surface area contributed by atoms with Crippen LogP contribution in [0.3, 0.4) is 0 Å². The van der Waals surface area contributed by atoms with E-state index in [1.807, 2.05) is 0 Å². The highest BCUT2D eigenvalue weighted by molar-refractivity contribution is 7.72. The van der Waals surface area contributed by atoms with Crippen molar-refractivity contribution in [1.82, 2.24) is 19.5 Å². The molecule has 184 valence electrons. The molecule has 2 aromatic heterocycles. The molecule has 4 heterocycles. The number of H-pyrrole nitrogens is 1. The Bertz CT molecular complexity index is 1230. The summed E-state index contributed by atoms with van der Waals surface area (Å²) in [5.74, 6) is -1.28. The molecule has 2 aromatic rings. The van der Waals surface area contributed by atoms with E-state index in [0.717, 1.165) is 12.7 Å². The summed E-state index contributed by atoms with van der Waals surface area (Å²) in [6.07, 6.45) is -5.65. The topological polar surface area (TPSA) is 216 Å². The van der Waals surface area contributed by atoms with E-state index in [4.69, 9.17) is 24.0 Å². The maximum Gasteiger partial charge on any atom is 0.443 e. The van der Waals surface area contributed by atoms with E-state index < -0.39 is 62.8 Å². The standard InChI is InChI=1S/C14H18F2N4O11P2/c1-13(2)29-6-7(30-13)11(20-4-19-5-9(20)17-3-18-10(5)21)28-8(6)12(22)31-33(26,27)14(15,16)32(23,24)25/h3-4,6-8,11-12,22H,1-2H3,(H,26,27)(H,17,18,21)(H2,23,24,25)/t6-,7+,8-,11+,12?/m0/s1. The van der Waals surface area contributed by atoms with E-state index in [2.05, 4.69) is 19.5 Å². The molecule has 19 heteroatoms. The zero-order chi connectivity index (χ0) is 24.6. The maximum absolute atomic E-state index is 13.8. The first-order chi connectivity index (χ1) is 15.1. The average Bonchev–Trinajstić information content (AvgIpc) is 3.31. The van der Waals surface area contributed by atoms with Crippen LogP contribution < -0.4 is 5.56 Å². The van der Waals surface area contributed by atoms with Crippen LogP contribution in [0.15, 0.2) is 17.4 Å². The summed E-state index contributed by atoms with van der Waals surface area (Å²) in [6, 6.07) is 0. The van der Waals surface area contributed by atoms with Gasteiger partial charge in [0.2, 0.25) is 0 Å². The Hall–Kier alpha value is -1.65. The number of rotatable bonds is 6. The lowest BCUT2D eigenvalue weighted by Gasteiger charge is -2.29. The molecule has 0 radical (unpaired) electrons. The largest absolute Gasteiger partial charge is 0.443 e. The molecule has 0 bridgehead atoms. The summed E-state index contributed by atoms with van der Waals surface area (Å²) in [5, 5.41) is 4.80. The lowest BCUT2D eigenvalue weighted by molar-refractivity contribution is -0.226. The molecule has 6 atom stereocenters. The van der Waals surface area contributed by atoms with Gasteiger partial charge < -0.3 is 39.0 Å². The number of imidazole rings is 1. The SMILES string of the molecule is CC1(C)O[C@@H]2[C@H](O1)[C@@H](C(O)OP(=O)(O)C(F)(F)P(=O)(O)O)O[C@H]2n1cnc2c(=O)[nH]cnc21. The number of alkyl halides is 2. The molecule has 2 unspecified atom stereocenters. The second-order valence-electron chi connectivity index (χ2n) is 7.68. The predicted octanol–water partition coefficient (Wildman–Crippen LogP) is -0.215.